The van der Waals surface area contributed by atoms with Crippen LogP contribution in [-0.4, -0.2) is 25.2 Å². The first-order chi connectivity index (χ1) is 12.9. The zero-order valence-corrected chi connectivity index (χ0v) is 15.4. The Bertz CT molecular complexity index is 1100. The van der Waals surface area contributed by atoms with E-state index < -0.39 is 5.60 Å². The van der Waals surface area contributed by atoms with Crippen molar-refractivity contribution in [3.05, 3.63) is 60.4 Å². The van der Waals surface area contributed by atoms with Crippen LogP contribution in [0.15, 0.2) is 54.6 Å². The van der Waals surface area contributed by atoms with E-state index in [1.807, 2.05) is 59.2 Å². The molecule has 0 saturated carbocycles. The fourth-order valence-electron chi connectivity index (χ4n) is 3.24. The van der Waals surface area contributed by atoms with Crippen LogP contribution in [0, 0.1) is 0 Å². The topological polar surface area (TPSA) is 86.2 Å². The molecule has 0 unspecified atom stereocenters. The van der Waals surface area contributed by atoms with Crippen LogP contribution in [0.4, 0.5) is 5.82 Å². The van der Waals surface area contributed by atoms with Crippen molar-refractivity contribution in [2.45, 2.75) is 32.6 Å². The number of anilines is 1. The van der Waals surface area contributed by atoms with E-state index in [-0.39, 0.29) is 6.61 Å². The minimum atomic E-state index is -0.922. The predicted molar refractivity (Wildman–Crippen MR) is 107 cm³/mol. The Morgan fingerprint density at radius 2 is 1.74 bits per heavy atom. The molecule has 4 aromatic rings. The zero-order valence-electron chi connectivity index (χ0n) is 15.4. The molecule has 0 bridgehead atoms. The quantitative estimate of drug-likeness (QED) is 0.567. The number of fused-ring (bicyclic) bond motifs is 3. The lowest BCUT2D eigenvalue weighted by molar-refractivity contribution is 0.0609. The summed E-state index contributed by atoms with van der Waals surface area (Å²) in [5.74, 6) is 1.83. The average Bonchev–Trinajstić information content (AvgIpc) is 2.99. The van der Waals surface area contributed by atoms with E-state index in [4.69, 9.17) is 15.5 Å². The molecule has 0 spiro atoms. The lowest BCUT2D eigenvalue weighted by Crippen LogP contribution is -2.27. The second-order valence-electron chi connectivity index (χ2n) is 7.24. The molecular weight excluding hydrogens is 340 g/mol. The highest BCUT2D eigenvalue weighted by Gasteiger charge is 2.22. The van der Waals surface area contributed by atoms with E-state index in [0.29, 0.717) is 23.7 Å². The lowest BCUT2D eigenvalue weighted by Gasteiger charge is -2.20. The van der Waals surface area contributed by atoms with Crippen LogP contribution >= 0.6 is 0 Å². The van der Waals surface area contributed by atoms with E-state index in [0.717, 1.165) is 22.2 Å². The van der Waals surface area contributed by atoms with E-state index in [1.54, 1.807) is 13.8 Å². The largest absolute Gasteiger partial charge is 0.486 e. The first kappa shape index (κ1) is 17.3. The first-order valence-corrected chi connectivity index (χ1v) is 8.86. The minimum Gasteiger partial charge on any atom is -0.486 e. The molecule has 0 aliphatic rings. The van der Waals surface area contributed by atoms with E-state index in [2.05, 4.69) is 4.98 Å². The van der Waals surface area contributed by atoms with Crippen molar-refractivity contribution in [1.29, 1.82) is 0 Å². The van der Waals surface area contributed by atoms with Gasteiger partial charge in [0, 0.05) is 5.39 Å². The van der Waals surface area contributed by atoms with Crippen molar-refractivity contribution >= 4 is 27.8 Å². The molecular formula is C21H22N4O2. The Kier molecular flexibility index (Phi) is 4.20. The van der Waals surface area contributed by atoms with E-state index in [9.17, 15) is 5.11 Å². The van der Waals surface area contributed by atoms with Gasteiger partial charge < -0.3 is 20.1 Å². The third kappa shape index (κ3) is 3.44. The van der Waals surface area contributed by atoms with Gasteiger partial charge >= 0.3 is 0 Å². The van der Waals surface area contributed by atoms with Crippen molar-refractivity contribution < 1.29 is 9.84 Å². The molecule has 2 aromatic carbocycles. The summed E-state index contributed by atoms with van der Waals surface area (Å²) in [5, 5.41) is 11.4. The summed E-state index contributed by atoms with van der Waals surface area (Å²) in [6, 6.07) is 17.4. The summed E-state index contributed by atoms with van der Waals surface area (Å²) in [5.41, 5.74) is 7.56. The third-order valence-corrected chi connectivity index (χ3v) is 4.35. The van der Waals surface area contributed by atoms with Gasteiger partial charge in [-0.05, 0) is 32.0 Å². The van der Waals surface area contributed by atoms with Crippen molar-refractivity contribution in [1.82, 2.24) is 14.5 Å². The molecule has 3 N–H and O–H groups in total. The number of hydrogen-bond acceptors (Lipinski definition) is 5. The molecule has 4 rings (SSSR count). The number of pyridine rings is 1. The number of rotatable bonds is 5. The molecule has 6 heteroatoms. The average molecular weight is 362 g/mol. The fraction of sp³-hybridized carbons (Fsp3) is 0.238. The number of hydrogen-bond donors (Lipinski definition) is 2. The molecule has 27 heavy (non-hydrogen) atoms. The summed E-state index contributed by atoms with van der Waals surface area (Å²) >= 11 is 0. The molecule has 138 valence electrons. The Morgan fingerprint density at radius 3 is 2.48 bits per heavy atom. The summed E-state index contributed by atoms with van der Waals surface area (Å²) in [7, 11) is 0. The second kappa shape index (κ2) is 6.55. The number of para-hydroxylation sites is 2. The van der Waals surface area contributed by atoms with Gasteiger partial charge in [-0.25, -0.2) is 9.97 Å². The lowest BCUT2D eigenvalue weighted by atomic mass is 10.1. The van der Waals surface area contributed by atoms with Gasteiger partial charge in [-0.3, -0.25) is 0 Å². The number of imidazole rings is 1. The van der Waals surface area contributed by atoms with Gasteiger partial charge in [0.15, 0.2) is 5.82 Å². The first-order valence-electron chi connectivity index (χ1n) is 8.86. The number of benzene rings is 2. The Morgan fingerprint density at radius 1 is 1.04 bits per heavy atom. The van der Waals surface area contributed by atoms with Gasteiger partial charge in [0.1, 0.15) is 23.7 Å². The second-order valence-corrected chi connectivity index (χ2v) is 7.24. The van der Waals surface area contributed by atoms with Crippen LogP contribution in [0.2, 0.25) is 0 Å². The highest BCUT2D eigenvalue weighted by molar-refractivity contribution is 6.06. The van der Waals surface area contributed by atoms with Gasteiger partial charge in [0.2, 0.25) is 0 Å². The van der Waals surface area contributed by atoms with Crippen LogP contribution in [0.5, 0.6) is 5.75 Å². The molecule has 6 nitrogen and oxygen atoms in total. The van der Waals surface area contributed by atoms with Gasteiger partial charge in [-0.1, -0.05) is 36.4 Å². The maximum Gasteiger partial charge on any atom is 0.152 e. The summed E-state index contributed by atoms with van der Waals surface area (Å²) in [6.07, 6.45) is 0. The Hall–Kier alpha value is -3.12. The third-order valence-electron chi connectivity index (χ3n) is 4.35. The van der Waals surface area contributed by atoms with Gasteiger partial charge in [0.05, 0.1) is 23.2 Å². The fourth-order valence-corrected chi connectivity index (χ4v) is 3.24. The highest BCUT2D eigenvalue weighted by atomic mass is 16.5. The SMILES string of the molecule is CC(C)(O)Cn1c(COc2ccccc2)nc2c(N)nc3ccccc3c21. The number of aromatic nitrogens is 3. The number of nitrogens with zero attached hydrogens (tertiary/aromatic N) is 3. The number of aliphatic hydroxyl groups is 1. The molecule has 0 radical (unpaired) electrons. The normalized spacial score (nSPS) is 12.0. The smallest absolute Gasteiger partial charge is 0.152 e. The van der Waals surface area contributed by atoms with Crippen LogP contribution in [0.3, 0.4) is 0 Å². The molecule has 0 atom stereocenters. The molecule has 0 aliphatic carbocycles. The summed E-state index contributed by atoms with van der Waals surface area (Å²) in [6.45, 7) is 4.17. The zero-order chi connectivity index (χ0) is 19.0. The van der Waals surface area contributed by atoms with Crippen LogP contribution < -0.4 is 10.5 Å². The molecule has 0 amide bonds. The number of nitrogen functional groups attached to an aromatic ring is 1. The maximum absolute atomic E-state index is 10.5. The maximum atomic E-state index is 10.5. The predicted octanol–water partition coefficient (Wildman–Crippen LogP) is 3.52. The van der Waals surface area contributed by atoms with Crippen molar-refractivity contribution in [2.24, 2.45) is 0 Å². The van der Waals surface area contributed by atoms with Gasteiger partial charge in [-0.15, -0.1) is 0 Å². The van der Waals surface area contributed by atoms with Crippen LogP contribution in [0.1, 0.15) is 19.7 Å². The van der Waals surface area contributed by atoms with Crippen molar-refractivity contribution in [3.63, 3.8) is 0 Å². The Balaban J connectivity index is 1.88. The van der Waals surface area contributed by atoms with Crippen molar-refractivity contribution in [2.75, 3.05) is 5.73 Å². The number of nitrogens with two attached hydrogens (primary N) is 1. The summed E-state index contributed by atoms with van der Waals surface area (Å²) in [4.78, 5) is 9.17. The van der Waals surface area contributed by atoms with Gasteiger partial charge in [0.25, 0.3) is 0 Å². The molecule has 2 aromatic heterocycles. The Labute approximate surface area is 157 Å². The van der Waals surface area contributed by atoms with Crippen LogP contribution in [0.25, 0.3) is 21.9 Å². The monoisotopic (exact) mass is 362 g/mol. The van der Waals surface area contributed by atoms with E-state index in [1.165, 1.54) is 0 Å². The minimum absolute atomic E-state index is 0.266. The van der Waals surface area contributed by atoms with Crippen molar-refractivity contribution in [3.8, 4) is 5.75 Å². The van der Waals surface area contributed by atoms with E-state index >= 15 is 0 Å². The molecule has 0 saturated heterocycles. The molecule has 0 aliphatic heterocycles. The molecule has 2 heterocycles. The molecule has 0 fully saturated rings. The van der Waals surface area contributed by atoms with Gasteiger partial charge in [-0.2, -0.15) is 0 Å². The standard InChI is InChI=1S/C21H22N4O2/c1-21(2,26)13-25-17(12-27-14-8-4-3-5-9-14)24-18-19(25)15-10-6-7-11-16(15)23-20(18)22/h3-11,26H,12-13H2,1-2H3,(H2,22,23). The number of ether oxygens (including phenoxy) is 1. The highest BCUT2D eigenvalue weighted by Crippen LogP contribution is 2.30. The summed E-state index contributed by atoms with van der Waals surface area (Å²) < 4.78 is 7.89. The van der Waals surface area contributed by atoms with Crippen LogP contribution in [-0.2, 0) is 13.2 Å².